The van der Waals surface area contributed by atoms with Crippen LogP contribution in [0.25, 0.3) is 6.08 Å². The topological polar surface area (TPSA) is 147 Å². The van der Waals surface area contributed by atoms with Crippen LogP contribution in [0, 0.1) is 46.8 Å². The largest absolute Gasteiger partial charge is 0.507 e. The van der Waals surface area contributed by atoms with Crippen molar-refractivity contribution in [3.8, 4) is 5.75 Å². The van der Waals surface area contributed by atoms with Crippen molar-refractivity contribution in [3.63, 3.8) is 0 Å². The third kappa shape index (κ3) is 12.9. The Hall–Kier alpha value is -2.47. The molecule has 11 heteroatoms. The van der Waals surface area contributed by atoms with E-state index in [1.54, 1.807) is 0 Å². The fraction of sp³-hybridized carbons (Fsp3) is 0.744. The minimum absolute atomic E-state index is 0.00660. The Kier molecular flexibility index (Phi) is 16.9. The molecule has 10 nitrogen and oxygen atoms in total. The molecule has 1 aromatic carbocycles. The van der Waals surface area contributed by atoms with Gasteiger partial charge in [-0.15, -0.1) is 0 Å². The SMILES string of the molecule is CCC(Cc1cccc(/C=C/C2C(C)C(C)C(C)C2C)c1O)CC(C)(CC(CC)C(=O)OCCO)C(=O)OCC[N+](C)(C)CCCS(=O)(=O)O. The summed E-state index contributed by atoms with van der Waals surface area (Å²) in [5.41, 5.74) is 0.542. The Morgan fingerprint density at radius 3 is 2.16 bits per heavy atom. The highest BCUT2D eigenvalue weighted by Crippen LogP contribution is 2.46. The van der Waals surface area contributed by atoms with Crippen molar-refractivity contribution < 1.29 is 46.7 Å². The number of aliphatic hydroxyl groups is 1. The van der Waals surface area contributed by atoms with Crippen LogP contribution < -0.4 is 0 Å². The number of para-hydroxylation sites is 1. The quantitative estimate of drug-likeness (QED) is 0.0745. The molecule has 1 fully saturated rings. The van der Waals surface area contributed by atoms with Gasteiger partial charge in [-0.2, -0.15) is 8.42 Å². The molecule has 0 amide bonds. The third-order valence-corrected chi connectivity index (χ3v) is 12.4. The van der Waals surface area contributed by atoms with E-state index in [1.165, 1.54) is 0 Å². The van der Waals surface area contributed by atoms with Crippen LogP contribution in [0.4, 0.5) is 0 Å². The number of aromatic hydroxyl groups is 1. The lowest BCUT2D eigenvalue weighted by atomic mass is 9.72. The molecule has 1 aliphatic rings. The maximum absolute atomic E-state index is 13.9. The van der Waals surface area contributed by atoms with E-state index in [0.717, 1.165) is 17.5 Å². The molecule has 1 aliphatic carbocycles. The van der Waals surface area contributed by atoms with E-state index in [0.29, 0.717) is 66.4 Å². The minimum atomic E-state index is -4.05. The first-order valence-corrected chi connectivity index (χ1v) is 20.1. The van der Waals surface area contributed by atoms with Gasteiger partial charge in [0.05, 0.1) is 44.3 Å². The monoisotopic (exact) mass is 724 g/mol. The van der Waals surface area contributed by atoms with Crippen LogP contribution in [0.2, 0.25) is 0 Å². The van der Waals surface area contributed by atoms with Crippen molar-refractivity contribution in [2.75, 3.05) is 52.8 Å². The number of quaternary nitrogens is 1. The van der Waals surface area contributed by atoms with Gasteiger partial charge >= 0.3 is 11.9 Å². The standard InChI is InChI=1S/C39H65NO9S/c1-10-31(24-34-15-12-14-33(36(34)42)16-17-35-29(5)27(3)28(4)30(35)6)25-39(7,26-32(11-2)37(43)48-22-20-41)38(44)49-21-19-40(8,9)18-13-23-50(45,46)47/h12,14-17,27-32,35,41H,10-11,13,18-26H2,1-9H3,(H-,42,45,46,47)/p+1/b17-16+. The first-order valence-electron chi connectivity index (χ1n) is 18.5. The highest BCUT2D eigenvalue weighted by atomic mass is 32.2. The summed E-state index contributed by atoms with van der Waals surface area (Å²) in [5.74, 6) is 1.29. The highest BCUT2D eigenvalue weighted by Gasteiger charge is 2.42. The molecule has 0 aromatic heterocycles. The maximum atomic E-state index is 13.9. The van der Waals surface area contributed by atoms with Crippen molar-refractivity contribution in [3.05, 3.63) is 35.4 Å². The van der Waals surface area contributed by atoms with Gasteiger partial charge < -0.3 is 24.2 Å². The summed E-state index contributed by atoms with van der Waals surface area (Å²) in [7, 11) is -0.244. The van der Waals surface area contributed by atoms with E-state index in [2.05, 4.69) is 46.8 Å². The lowest BCUT2D eigenvalue weighted by molar-refractivity contribution is -0.890. The van der Waals surface area contributed by atoms with E-state index >= 15 is 0 Å². The Bertz CT molecular complexity index is 1360. The lowest BCUT2D eigenvalue weighted by Gasteiger charge is -2.34. The van der Waals surface area contributed by atoms with Gasteiger partial charge in [0.25, 0.3) is 10.1 Å². The second-order valence-electron chi connectivity index (χ2n) is 15.8. The number of hydrogen-bond acceptors (Lipinski definition) is 8. The number of likely N-dealkylation sites (N-methyl/N-ethyl adjacent to an activating group) is 1. The van der Waals surface area contributed by atoms with Crippen LogP contribution in [-0.4, -0.2) is 92.4 Å². The number of allylic oxidation sites excluding steroid dienone is 1. The number of aliphatic hydroxyl groups excluding tert-OH is 1. The van der Waals surface area contributed by atoms with Gasteiger partial charge in [-0.25, -0.2) is 0 Å². The molecular weight excluding hydrogens is 658 g/mol. The molecule has 0 saturated heterocycles. The summed E-state index contributed by atoms with van der Waals surface area (Å²) in [6.07, 6.45) is 6.94. The van der Waals surface area contributed by atoms with Crippen molar-refractivity contribution >= 4 is 28.1 Å². The molecule has 1 saturated carbocycles. The third-order valence-electron chi connectivity index (χ3n) is 11.6. The number of rotatable bonds is 21. The van der Waals surface area contributed by atoms with Gasteiger partial charge in [-0.3, -0.25) is 14.1 Å². The average molecular weight is 725 g/mol. The molecular formula is C39H66NO9S+. The highest BCUT2D eigenvalue weighted by molar-refractivity contribution is 7.85. The molecule has 7 atom stereocenters. The number of nitrogens with zero attached hydrogens (tertiary/aromatic N) is 1. The van der Waals surface area contributed by atoms with E-state index in [1.807, 2.05) is 46.1 Å². The number of carbonyl (C=O) groups is 2. The summed E-state index contributed by atoms with van der Waals surface area (Å²) in [6.45, 7) is 15.6. The number of esters is 2. The fourth-order valence-electron chi connectivity index (χ4n) is 7.72. The second kappa shape index (κ2) is 19.4. The second-order valence-corrected chi connectivity index (χ2v) is 17.4. The number of hydrogen-bond donors (Lipinski definition) is 3. The van der Waals surface area contributed by atoms with Crippen LogP contribution in [-0.2, 0) is 35.6 Å². The summed E-state index contributed by atoms with van der Waals surface area (Å²) in [6, 6.07) is 5.82. The number of ether oxygens (including phenoxy) is 2. The first-order chi connectivity index (χ1) is 23.3. The number of benzene rings is 1. The van der Waals surface area contributed by atoms with Crippen LogP contribution in [0.1, 0.15) is 91.7 Å². The summed E-state index contributed by atoms with van der Waals surface area (Å²) in [5, 5.41) is 20.6. The zero-order valence-corrected chi connectivity index (χ0v) is 32.9. The Morgan fingerprint density at radius 1 is 0.960 bits per heavy atom. The van der Waals surface area contributed by atoms with E-state index in [-0.39, 0.29) is 50.1 Å². The van der Waals surface area contributed by atoms with Gasteiger partial charge in [-0.05, 0) is 73.7 Å². The van der Waals surface area contributed by atoms with Crippen molar-refractivity contribution in [1.29, 1.82) is 0 Å². The van der Waals surface area contributed by atoms with Crippen LogP contribution in [0.3, 0.4) is 0 Å². The Labute approximate surface area is 302 Å². The Morgan fingerprint density at radius 2 is 1.60 bits per heavy atom. The van der Waals surface area contributed by atoms with Crippen LogP contribution >= 0.6 is 0 Å². The van der Waals surface area contributed by atoms with E-state index in [4.69, 9.17) is 14.0 Å². The predicted molar refractivity (Wildman–Crippen MR) is 198 cm³/mol. The zero-order chi connectivity index (χ0) is 37.9. The smallest absolute Gasteiger partial charge is 0.312 e. The number of phenolic OH excluding ortho intramolecular Hbond substituents is 1. The van der Waals surface area contributed by atoms with Gasteiger partial charge in [0.2, 0.25) is 0 Å². The molecule has 0 bridgehead atoms. The number of carbonyl (C=O) groups excluding carboxylic acids is 2. The molecule has 2 rings (SSSR count). The van der Waals surface area contributed by atoms with Gasteiger partial charge in [-0.1, -0.05) is 78.3 Å². The van der Waals surface area contributed by atoms with Crippen molar-refractivity contribution in [2.45, 2.75) is 87.0 Å². The normalized spacial score (nSPS) is 23.8. The van der Waals surface area contributed by atoms with Crippen LogP contribution in [0.5, 0.6) is 5.75 Å². The molecule has 1 aromatic rings. The molecule has 286 valence electrons. The first kappa shape index (κ1) is 43.7. The molecule has 0 aliphatic heterocycles. The summed E-state index contributed by atoms with van der Waals surface area (Å²) in [4.78, 5) is 26.9. The lowest BCUT2D eigenvalue weighted by Crippen LogP contribution is -2.45. The van der Waals surface area contributed by atoms with Crippen molar-refractivity contribution in [2.24, 2.45) is 46.8 Å². The molecule has 0 spiro atoms. The molecule has 7 unspecified atom stereocenters. The molecule has 0 radical (unpaired) electrons. The predicted octanol–water partition coefficient (Wildman–Crippen LogP) is 6.39. The van der Waals surface area contributed by atoms with Crippen molar-refractivity contribution in [1.82, 2.24) is 0 Å². The number of phenols is 1. The van der Waals surface area contributed by atoms with Gasteiger partial charge in [0.1, 0.15) is 25.5 Å². The fourth-order valence-corrected chi connectivity index (χ4v) is 8.21. The zero-order valence-electron chi connectivity index (χ0n) is 32.1. The van der Waals surface area contributed by atoms with Crippen LogP contribution in [0.15, 0.2) is 24.3 Å². The average Bonchev–Trinajstić information content (AvgIpc) is 3.22. The minimum Gasteiger partial charge on any atom is -0.507 e. The Balaban J connectivity index is 2.27. The molecule has 3 N–H and O–H groups in total. The maximum Gasteiger partial charge on any atom is 0.312 e. The summed E-state index contributed by atoms with van der Waals surface area (Å²) >= 11 is 0. The van der Waals surface area contributed by atoms with Gasteiger partial charge in [0, 0.05) is 12.0 Å². The molecule has 50 heavy (non-hydrogen) atoms. The van der Waals surface area contributed by atoms with E-state index in [9.17, 15) is 28.2 Å². The van der Waals surface area contributed by atoms with Gasteiger partial charge in [0.15, 0.2) is 0 Å². The summed E-state index contributed by atoms with van der Waals surface area (Å²) < 4.78 is 42.9. The van der Waals surface area contributed by atoms with E-state index < -0.39 is 33.4 Å². The molecule has 0 heterocycles.